The van der Waals surface area contributed by atoms with Crippen molar-refractivity contribution in [3.63, 3.8) is 0 Å². The highest BCUT2D eigenvalue weighted by atomic mass is 79.9. The third-order valence-corrected chi connectivity index (χ3v) is 12.5. The highest BCUT2D eigenvalue weighted by Crippen LogP contribution is 2.69. The van der Waals surface area contributed by atoms with Crippen molar-refractivity contribution in [2.24, 2.45) is 28.6 Å². The van der Waals surface area contributed by atoms with Gasteiger partial charge in [-0.05, 0) is 36.0 Å². The van der Waals surface area contributed by atoms with Gasteiger partial charge in [0.2, 0.25) is 0 Å². The Hall–Kier alpha value is -0.560. The van der Waals surface area contributed by atoms with E-state index in [4.69, 9.17) is 0 Å². The molecule has 6 aliphatic rings. The third-order valence-electron chi connectivity index (χ3n) is 9.44. The lowest BCUT2D eigenvalue weighted by molar-refractivity contribution is 0.0346. The van der Waals surface area contributed by atoms with Crippen LogP contribution in [0, 0.1) is 28.6 Å². The number of fused-ring (bicyclic) bond motifs is 2. The number of aromatic nitrogens is 3. The topological polar surface area (TPSA) is 48.9 Å². The second-order valence-corrected chi connectivity index (χ2v) is 12.3. The molecule has 3 fully saturated rings. The molecule has 7 rings (SSSR count). The van der Waals surface area contributed by atoms with Gasteiger partial charge < -0.3 is 0 Å². The molecule has 0 aromatic carbocycles. The summed E-state index contributed by atoms with van der Waals surface area (Å²) in [7, 11) is 0. The summed E-state index contributed by atoms with van der Waals surface area (Å²) in [5, 5.41) is 0. The number of allylic oxidation sites excluding steroid dienone is 2. The van der Waals surface area contributed by atoms with Crippen LogP contribution >= 0.6 is 31.9 Å². The van der Waals surface area contributed by atoms with Crippen LogP contribution in [0.2, 0.25) is 0 Å². The first-order chi connectivity index (χ1) is 12.7. The van der Waals surface area contributed by atoms with Crippen molar-refractivity contribution in [2.75, 3.05) is 0 Å². The second kappa shape index (κ2) is 4.94. The number of rotatable bonds is 1. The molecule has 1 aromatic rings. The maximum Gasteiger partial charge on any atom is 0.348 e. The molecular formula is C20H25Br2N3O2. The van der Waals surface area contributed by atoms with Gasteiger partial charge in [-0.15, -0.1) is 0 Å². The van der Waals surface area contributed by atoms with Crippen LogP contribution in [0.4, 0.5) is 0 Å². The molecule has 3 saturated carbocycles. The van der Waals surface area contributed by atoms with Crippen LogP contribution in [0.3, 0.4) is 0 Å². The molecule has 4 bridgehead atoms. The van der Waals surface area contributed by atoms with Crippen molar-refractivity contribution in [3.8, 4) is 0 Å². The standard InChI is InChI=1S/C20H25Br2N3O2/c1-19(2)9-6-7-20(19,3)12(8-9)23-17(26)24-10-4-5-11(25(24)18(23)27)14-13(10)15(21)16(14)22/h4-5,9-16H,6-8H2,1-3H3/t9-,10-,11-,12+,13-,14+,15-,16-,20-/m0/s1. The van der Waals surface area contributed by atoms with E-state index in [1.54, 1.807) is 13.9 Å². The Morgan fingerprint density at radius 3 is 1.89 bits per heavy atom. The van der Waals surface area contributed by atoms with Gasteiger partial charge in [0, 0.05) is 27.5 Å². The first kappa shape index (κ1) is 17.3. The zero-order chi connectivity index (χ0) is 19.0. The summed E-state index contributed by atoms with van der Waals surface area (Å²) in [5.74, 6) is 1.36. The molecule has 9 atom stereocenters. The predicted molar refractivity (Wildman–Crippen MR) is 111 cm³/mol. The van der Waals surface area contributed by atoms with Gasteiger partial charge in [0.25, 0.3) is 0 Å². The van der Waals surface area contributed by atoms with E-state index in [9.17, 15) is 9.59 Å². The maximum atomic E-state index is 13.5. The van der Waals surface area contributed by atoms with Crippen LogP contribution in [0.25, 0.3) is 0 Å². The molecule has 2 aliphatic heterocycles. The molecule has 3 heterocycles. The lowest BCUT2D eigenvalue weighted by atomic mass is 9.62. The summed E-state index contributed by atoms with van der Waals surface area (Å²) in [6.45, 7) is 6.97. The molecule has 0 radical (unpaired) electrons. The Kier molecular flexibility index (Phi) is 3.17. The van der Waals surface area contributed by atoms with Crippen LogP contribution in [-0.2, 0) is 0 Å². The van der Waals surface area contributed by atoms with E-state index < -0.39 is 0 Å². The van der Waals surface area contributed by atoms with E-state index in [2.05, 4.69) is 64.8 Å². The molecule has 5 nitrogen and oxygen atoms in total. The maximum absolute atomic E-state index is 13.5. The zero-order valence-corrected chi connectivity index (χ0v) is 19.0. The van der Waals surface area contributed by atoms with Crippen LogP contribution in [0.5, 0.6) is 0 Å². The van der Waals surface area contributed by atoms with E-state index in [1.807, 2.05) is 0 Å². The van der Waals surface area contributed by atoms with Gasteiger partial charge in [0.15, 0.2) is 0 Å². The van der Waals surface area contributed by atoms with Crippen molar-refractivity contribution in [1.29, 1.82) is 0 Å². The molecule has 4 aliphatic carbocycles. The Labute approximate surface area is 175 Å². The second-order valence-electron chi connectivity index (χ2n) is 10.2. The van der Waals surface area contributed by atoms with Crippen LogP contribution in [0.1, 0.15) is 58.2 Å². The molecule has 27 heavy (non-hydrogen) atoms. The SMILES string of the molecule is CC1(C)[C@H]2CC[C@@]1(C)[C@H](n1c(=O)n3n(c1=O)[C@H]1C=C[C@H]3[C@@H]3[C@H](Br)[C@@H](Br)[C@@H]31)C2. The molecule has 0 N–H and O–H groups in total. The van der Waals surface area contributed by atoms with Gasteiger partial charge in [-0.1, -0.05) is 64.8 Å². The number of hydrogen-bond donors (Lipinski definition) is 0. The lowest BCUT2D eigenvalue weighted by Crippen LogP contribution is -2.63. The number of nitrogens with zero attached hydrogens (tertiary/aromatic N) is 3. The normalized spacial score (nSPS) is 50.6. The number of halogens is 2. The van der Waals surface area contributed by atoms with Crippen LogP contribution < -0.4 is 11.4 Å². The molecule has 0 spiro atoms. The van der Waals surface area contributed by atoms with Gasteiger partial charge in [-0.2, -0.15) is 0 Å². The number of alkyl halides is 2. The van der Waals surface area contributed by atoms with E-state index in [0.29, 0.717) is 27.4 Å². The summed E-state index contributed by atoms with van der Waals surface area (Å²) in [6.07, 6.45) is 7.58. The molecular weight excluding hydrogens is 474 g/mol. The first-order valence-corrected chi connectivity index (χ1v) is 12.0. The van der Waals surface area contributed by atoms with Gasteiger partial charge >= 0.3 is 11.4 Å². The molecule has 146 valence electrons. The average molecular weight is 499 g/mol. The van der Waals surface area contributed by atoms with Crippen LogP contribution in [-0.4, -0.2) is 23.6 Å². The van der Waals surface area contributed by atoms with Crippen molar-refractivity contribution in [2.45, 2.75) is 67.8 Å². The minimum atomic E-state index is -0.0925. The average Bonchev–Trinajstić information content (AvgIpc) is 3.13. The largest absolute Gasteiger partial charge is 0.348 e. The molecule has 0 unspecified atom stereocenters. The van der Waals surface area contributed by atoms with Crippen molar-refractivity contribution in [3.05, 3.63) is 33.1 Å². The highest BCUT2D eigenvalue weighted by Gasteiger charge is 2.64. The number of hydrogen-bond acceptors (Lipinski definition) is 2. The quantitative estimate of drug-likeness (QED) is 0.438. The minimum Gasteiger partial charge on any atom is -0.246 e. The van der Waals surface area contributed by atoms with Gasteiger partial charge in [0.1, 0.15) is 0 Å². The monoisotopic (exact) mass is 497 g/mol. The molecule has 0 saturated heterocycles. The third kappa shape index (κ3) is 1.67. The zero-order valence-electron chi connectivity index (χ0n) is 15.8. The molecule has 7 heteroatoms. The Morgan fingerprint density at radius 1 is 0.963 bits per heavy atom. The highest BCUT2D eigenvalue weighted by molar-refractivity contribution is 9.12. The Bertz CT molecular complexity index is 948. The fraction of sp³-hybridized carbons (Fsp3) is 0.800. The van der Waals surface area contributed by atoms with Crippen molar-refractivity contribution < 1.29 is 0 Å². The molecule has 0 amide bonds. The van der Waals surface area contributed by atoms with Crippen molar-refractivity contribution >= 4 is 31.9 Å². The van der Waals surface area contributed by atoms with E-state index in [1.165, 1.54) is 6.42 Å². The van der Waals surface area contributed by atoms with Crippen molar-refractivity contribution in [1.82, 2.24) is 13.9 Å². The lowest BCUT2D eigenvalue weighted by Gasteiger charge is -2.58. The van der Waals surface area contributed by atoms with E-state index >= 15 is 0 Å². The summed E-state index contributed by atoms with van der Waals surface area (Å²) in [6, 6.07) is -0.00787. The minimum absolute atomic E-state index is 0.0140. The van der Waals surface area contributed by atoms with E-state index in [-0.39, 0.29) is 40.3 Å². The van der Waals surface area contributed by atoms with Crippen LogP contribution in [0.15, 0.2) is 21.7 Å². The summed E-state index contributed by atoms with van der Waals surface area (Å²) < 4.78 is 5.21. The predicted octanol–water partition coefficient (Wildman–Crippen LogP) is 3.64. The Morgan fingerprint density at radius 2 is 1.48 bits per heavy atom. The fourth-order valence-corrected chi connectivity index (χ4v) is 9.39. The first-order valence-electron chi connectivity index (χ1n) is 10.1. The van der Waals surface area contributed by atoms with Gasteiger partial charge in [0.05, 0.1) is 12.1 Å². The summed E-state index contributed by atoms with van der Waals surface area (Å²) in [4.78, 5) is 27.8. The smallest absolute Gasteiger partial charge is 0.246 e. The fourth-order valence-electron chi connectivity index (χ4n) is 7.36. The van der Waals surface area contributed by atoms with Gasteiger partial charge in [-0.3, -0.25) is 0 Å². The summed E-state index contributed by atoms with van der Waals surface area (Å²) >= 11 is 7.59. The Balaban J connectivity index is 1.54. The molecule has 1 aromatic heterocycles. The summed E-state index contributed by atoms with van der Waals surface area (Å²) in [5.41, 5.74) is 0.00440. The van der Waals surface area contributed by atoms with E-state index in [0.717, 1.165) is 12.8 Å². The van der Waals surface area contributed by atoms with Gasteiger partial charge in [-0.25, -0.2) is 23.5 Å².